The molecule has 1 atom stereocenters. The van der Waals surface area contributed by atoms with Crippen LogP contribution < -0.4 is 0 Å². The van der Waals surface area contributed by atoms with E-state index in [9.17, 15) is 9.50 Å². The molecule has 0 saturated carbocycles. The molecule has 2 aromatic heterocycles. The first-order valence-electron chi connectivity index (χ1n) is 5.53. The summed E-state index contributed by atoms with van der Waals surface area (Å²) < 4.78 is 15.2. The minimum Gasteiger partial charge on any atom is -0.380 e. The summed E-state index contributed by atoms with van der Waals surface area (Å²) in [5.74, 6) is -0.572. The van der Waals surface area contributed by atoms with Crippen LogP contribution in [0.25, 0.3) is 0 Å². The molecule has 1 N–H and O–H groups in total. The van der Waals surface area contributed by atoms with Gasteiger partial charge in [0.25, 0.3) is 0 Å². The molecule has 96 valence electrons. The second-order valence-electron chi connectivity index (χ2n) is 4.19. The lowest BCUT2D eigenvalue weighted by Crippen LogP contribution is -2.14. The first-order chi connectivity index (χ1) is 8.52. The van der Waals surface area contributed by atoms with Gasteiger partial charge in [-0.15, -0.1) is 0 Å². The number of aliphatic hydroxyl groups excluding tert-OH is 1. The monoisotopic (exact) mass is 269 g/mol. The SMILES string of the molecule is CC(C)n1ncc(Cl)c1C(O)c1ncccc1F. The fourth-order valence-electron chi connectivity index (χ4n) is 1.75. The highest BCUT2D eigenvalue weighted by atomic mass is 35.5. The molecule has 0 aliphatic carbocycles. The van der Waals surface area contributed by atoms with Crippen molar-refractivity contribution in [3.05, 3.63) is 46.8 Å². The smallest absolute Gasteiger partial charge is 0.147 e. The first kappa shape index (κ1) is 13.0. The Morgan fingerprint density at radius 2 is 2.17 bits per heavy atom. The van der Waals surface area contributed by atoms with E-state index in [4.69, 9.17) is 11.6 Å². The molecule has 0 aromatic carbocycles. The Morgan fingerprint density at radius 1 is 1.44 bits per heavy atom. The zero-order valence-corrected chi connectivity index (χ0v) is 10.8. The van der Waals surface area contributed by atoms with E-state index < -0.39 is 11.9 Å². The molecule has 18 heavy (non-hydrogen) atoms. The van der Waals surface area contributed by atoms with Crippen LogP contribution in [0.15, 0.2) is 24.5 Å². The highest BCUT2D eigenvalue weighted by Gasteiger charge is 2.24. The van der Waals surface area contributed by atoms with Crippen molar-refractivity contribution in [2.24, 2.45) is 0 Å². The van der Waals surface area contributed by atoms with Crippen molar-refractivity contribution in [2.45, 2.75) is 26.0 Å². The first-order valence-corrected chi connectivity index (χ1v) is 5.91. The zero-order valence-electron chi connectivity index (χ0n) is 10.0. The summed E-state index contributed by atoms with van der Waals surface area (Å²) in [4.78, 5) is 3.85. The summed E-state index contributed by atoms with van der Waals surface area (Å²) in [5, 5.41) is 14.6. The van der Waals surface area contributed by atoms with Gasteiger partial charge in [-0.05, 0) is 26.0 Å². The topological polar surface area (TPSA) is 50.9 Å². The second kappa shape index (κ2) is 5.04. The van der Waals surface area contributed by atoms with Gasteiger partial charge in [0.2, 0.25) is 0 Å². The molecule has 0 aliphatic rings. The third-order valence-corrected chi connectivity index (χ3v) is 2.87. The minimum atomic E-state index is -1.23. The van der Waals surface area contributed by atoms with Crippen LogP contribution in [0.5, 0.6) is 0 Å². The lowest BCUT2D eigenvalue weighted by atomic mass is 10.1. The van der Waals surface area contributed by atoms with E-state index in [1.54, 1.807) is 4.68 Å². The summed E-state index contributed by atoms with van der Waals surface area (Å²) in [6.07, 6.45) is 1.62. The van der Waals surface area contributed by atoms with Crippen LogP contribution in [0.2, 0.25) is 5.02 Å². The average Bonchev–Trinajstić information content (AvgIpc) is 2.71. The van der Waals surface area contributed by atoms with Crippen molar-refractivity contribution in [3.8, 4) is 0 Å². The van der Waals surface area contributed by atoms with Gasteiger partial charge in [0.1, 0.15) is 17.6 Å². The van der Waals surface area contributed by atoms with Gasteiger partial charge in [0.05, 0.1) is 16.9 Å². The number of halogens is 2. The van der Waals surface area contributed by atoms with E-state index in [-0.39, 0.29) is 11.7 Å². The molecular formula is C12H13ClFN3O. The number of hydrogen-bond donors (Lipinski definition) is 1. The Labute approximate surface area is 109 Å². The predicted molar refractivity (Wildman–Crippen MR) is 65.9 cm³/mol. The molecule has 0 radical (unpaired) electrons. The lowest BCUT2D eigenvalue weighted by Gasteiger charge is -2.16. The standard InChI is InChI=1S/C12H13ClFN3O/c1-7(2)17-11(8(13)6-16-17)12(18)10-9(14)4-3-5-15-10/h3-7,12,18H,1-2H3. The summed E-state index contributed by atoms with van der Waals surface area (Å²) >= 11 is 5.99. The number of aliphatic hydroxyl groups is 1. The fraction of sp³-hybridized carbons (Fsp3) is 0.333. The molecule has 4 nitrogen and oxygen atoms in total. The largest absolute Gasteiger partial charge is 0.380 e. The molecule has 0 fully saturated rings. The highest BCUT2D eigenvalue weighted by molar-refractivity contribution is 6.31. The van der Waals surface area contributed by atoms with Crippen LogP contribution >= 0.6 is 11.6 Å². The van der Waals surface area contributed by atoms with Gasteiger partial charge in [-0.3, -0.25) is 9.67 Å². The normalized spacial score (nSPS) is 13.0. The number of rotatable bonds is 3. The second-order valence-corrected chi connectivity index (χ2v) is 4.60. The third kappa shape index (κ3) is 2.23. The van der Waals surface area contributed by atoms with E-state index in [1.807, 2.05) is 13.8 Å². The van der Waals surface area contributed by atoms with Gasteiger partial charge in [-0.2, -0.15) is 5.10 Å². The molecule has 0 spiro atoms. The number of pyridine rings is 1. The molecule has 0 bridgehead atoms. The van der Waals surface area contributed by atoms with E-state index in [2.05, 4.69) is 10.1 Å². The van der Waals surface area contributed by atoms with Gasteiger partial charge in [-0.25, -0.2) is 4.39 Å². The Morgan fingerprint density at radius 3 is 2.78 bits per heavy atom. The van der Waals surface area contributed by atoms with Crippen LogP contribution in [-0.2, 0) is 0 Å². The lowest BCUT2D eigenvalue weighted by molar-refractivity contribution is 0.195. The minimum absolute atomic E-state index is 0.00826. The van der Waals surface area contributed by atoms with Gasteiger partial charge < -0.3 is 5.11 Å². The van der Waals surface area contributed by atoms with Gasteiger partial charge >= 0.3 is 0 Å². The fourth-order valence-corrected chi connectivity index (χ4v) is 1.98. The van der Waals surface area contributed by atoms with Gasteiger partial charge in [0, 0.05) is 12.2 Å². The van der Waals surface area contributed by atoms with Crippen molar-refractivity contribution in [3.63, 3.8) is 0 Å². The predicted octanol–water partition coefficient (Wildman–Crippen LogP) is 2.73. The maximum atomic E-state index is 13.6. The van der Waals surface area contributed by atoms with E-state index in [1.165, 1.54) is 24.5 Å². The summed E-state index contributed by atoms with van der Waals surface area (Å²) in [5.41, 5.74) is 0.297. The molecule has 0 saturated heterocycles. The van der Waals surface area contributed by atoms with Crippen molar-refractivity contribution < 1.29 is 9.50 Å². The molecule has 2 aromatic rings. The molecule has 1 unspecified atom stereocenters. The maximum Gasteiger partial charge on any atom is 0.147 e. The summed E-state index contributed by atoms with van der Waals surface area (Å²) in [6, 6.07) is 2.72. The number of nitrogens with zero attached hydrogens (tertiary/aromatic N) is 3. The van der Waals surface area contributed by atoms with E-state index >= 15 is 0 Å². The van der Waals surface area contributed by atoms with Crippen molar-refractivity contribution >= 4 is 11.6 Å². The number of hydrogen-bond acceptors (Lipinski definition) is 3. The molecule has 6 heteroatoms. The van der Waals surface area contributed by atoms with Crippen molar-refractivity contribution in [1.29, 1.82) is 0 Å². The molecule has 2 rings (SSSR count). The van der Waals surface area contributed by atoms with Crippen LogP contribution in [-0.4, -0.2) is 19.9 Å². The number of aromatic nitrogens is 3. The summed E-state index contributed by atoms with van der Waals surface area (Å²) in [7, 11) is 0. The van der Waals surface area contributed by atoms with E-state index in [0.29, 0.717) is 10.7 Å². The van der Waals surface area contributed by atoms with Crippen molar-refractivity contribution in [2.75, 3.05) is 0 Å². The van der Waals surface area contributed by atoms with Crippen LogP contribution in [0.1, 0.15) is 37.4 Å². The Bertz CT molecular complexity index is 556. The Hall–Kier alpha value is -1.46. The van der Waals surface area contributed by atoms with Gasteiger partial charge in [0.15, 0.2) is 0 Å². The molecule has 0 amide bonds. The molecular weight excluding hydrogens is 257 g/mol. The van der Waals surface area contributed by atoms with E-state index in [0.717, 1.165) is 0 Å². The Balaban J connectivity index is 2.49. The molecule has 2 heterocycles. The van der Waals surface area contributed by atoms with Crippen LogP contribution in [0, 0.1) is 5.82 Å². The average molecular weight is 270 g/mol. The highest BCUT2D eigenvalue weighted by Crippen LogP contribution is 2.30. The van der Waals surface area contributed by atoms with Crippen LogP contribution in [0.4, 0.5) is 4.39 Å². The van der Waals surface area contributed by atoms with Crippen LogP contribution in [0.3, 0.4) is 0 Å². The van der Waals surface area contributed by atoms with Crippen molar-refractivity contribution in [1.82, 2.24) is 14.8 Å². The maximum absolute atomic E-state index is 13.6. The third-order valence-electron chi connectivity index (χ3n) is 2.58. The van der Waals surface area contributed by atoms with Gasteiger partial charge in [-0.1, -0.05) is 11.6 Å². The quantitative estimate of drug-likeness (QED) is 0.932. The molecule has 0 aliphatic heterocycles. The Kier molecular flexibility index (Phi) is 3.63. The summed E-state index contributed by atoms with van der Waals surface area (Å²) in [6.45, 7) is 3.79. The zero-order chi connectivity index (χ0) is 13.3.